The third-order valence-electron chi connectivity index (χ3n) is 4.76. The highest BCUT2D eigenvalue weighted by Gasteiger charge is 2.55. The Morgan fingerprint density at radius 2 is 1.79 bits per heavy atom. The molecule has 19 heavy (non-hydrogen) atoms. The average molecular weight is 262 g/mol. The predicted octanol–water partition coefficient (Wildman–Crippen LogP) is 3.61. The van der Waals surface area contributed by atoms with Crippen LogP contribution in [0.3, 0.4) is 0 Å². The van der Waals surface area contributed by atoms with Crippen molar-refractivity contribution in [2.75, 3.05) is 26.4 Å². The van der Waals surface area contributed by atoms with Crippen LogP contribution in [0, 0.1) is 23.2 Å². The number of allylic oxidation sites excluding steroid dienone is 2. The number of rotatable bonds is 9. The molecule has 2 nitrogen and oxygen atoms in total. The summed E-state index contributed by atoms with van der Waals surface area (Å²) in [6.07, 6.45) is 10.9. The summed E-state index contributed by atoms with van der Waals surface area (Å²) in [7, 11) is 0. The third kappa shape index (κ3) is 2.70. The summed E-state index contributed by atoms with van der Waals surface area (Å²) in [5, 5.41) is 0. The molecular weight excluding hydrogens is 236 g/mol. The van der Waals surface area contributed by atoms with Crippen molar-refractivity contribution < 1.29 is 9.47 Å². The molecule has 0 N–H and O–H groups in total. The third-order valence-corrected chi connectivity index (χ3v) is 4.76. The maximum absolute atomic E-state index is 5.83. The maximum atomic E-state index is 5.83. The van der Waals surface area contributed by atoms with Gasteiger partial charge in [-0.25, -0.2) is 0 Å². The van der Waals surface area contributed by atoms with E-state index in [1.807, 2.05) is 12.2 Å². The van der Waals surface area contributed by atoms with Crippen LogP contribution in [-0.4, -0.2) is 26.4 Å². The van der Waals surface area contributed by atoms with Crippen LogP contribution in [0.1, 0.15) is 19.8 Å². The molecule has 0 heterocycles. The zero-order chi connectivity index (χ0) is 13.7. The Labute approximate surface area is 117 Å². The van der Waals surface area contributed by atoms with Crippen molar-refractivity contribution in [3.8, 4) is 0 Å². The lowest BCUT2D eigenvalue weighted by Gasteiger charge is -2.41. The van der Waals surface area contributed by atoms with Gasteiger partial charge in [0, 0.05) is 5.41 Å². The lowest BCUT2D eigenvalue weighted by molar-refractivity contribution is -0.0548. The Kier molecular flexibility index (Phi) is 5.00. The molecule has 3 atom stereocenters. The van der Waals surface area contributed by atoms with Crippen LogP contribution >= 0.6 is 0 Å². The van der Waals surface area contributed by atoms with Gasteiger partial charge >= 0.3 is 0 Å². The molecular formula is C17H26O2. The minimum absolute atomic E-state index is 0.153. The van der Waals surface area contributed by atoms with E-state index in [4.69, 9.17) is 9.47 Å². The van der Waals surface area contributed by atoms with Crippen molar-refractivity contribution in [2.24, 2.45) is 23.2 Å². The van der Waals surface area contributed by atoms with Crippen molar-refractivity contribution in [3.05, 3.63) is 37.5 Å². The van der Waals surface area contributed by atoms with Gasteiger partial charge in [-0.05, 0) is 24.2 Å². The topological polar surface area (TPSA) is 18.5 Å². The van der Waals surface area contributed by atoms with E-state index in [0.717, 1.165) is 19.1 Å². The van der Waals surface area contributed by atoms with E-state index >= 15 is 0 Å². The second-order valence-electron chi connectivity index (χ2n) is 5.75. The van der Waals surface area contributed by atoms with Gasteiger partial charge in [0.1, 0.15) is 0 Å². The fourth-order valence-electron chi connectivity index (χ4n) is 4.00. The van der Waals surface area contributed by atoms with Gasteiger partial charge in [-0.15, -0.1) is 13.2 Å². The SMILES string of the molecule is C=CCOCC1(COCC=C)C2C=CC(C2)C1CC. The smallest absolute Gasteiger partial charge is 0.0645 e. The molecule has 0 saturated heterocycles. The normalized spacial score (nSPS) is 30.7. The van der Waals surface area contributed by atoms with E-state index in [9.17, 15) is 0 Å². The lowest BCUT2D eigenvalue weighted by Crippen LogP contribution is -2.43. The minimum Gasteiger partial charge on any atom is -0.377 e. The van der Waals surface area contributed by atoms with Gasteiger partial charge in [-0.3, -0.25) is 0 Å². The molecule has 2 rings (SSSR count). The van der Waals surface area contributed by atoms with Crippen LogP contribution in [0.4, 0.5) is 0 Å². The van der Waals surface area contributed by atoms with Gasteiger partial charge in [0.2, 0.25) is 0 Å². The Morgan fingerprint density at radius 1 is 1.16 bits per heavy atom. The van der Waals surface area contributed by atoms with Crippen LogP contribution < -0.4 is 0 Å². The van der Waals surface area contributed by atoms with Crippen LogP contribution in [0.2, 0.25) is 0 Å². The second-order valence-corrected chi connectivity index (χ2v) is 5.75. The Morgan fingerprint density at radius 3 is 2.32 bits per heavy atom. The fourth-order valence-corrected chi connectivity index (χ4v) is 4.00. The first-order valence-corrected chi connectivity index (χ1v) is 7.34. The fraction of sp³-hybridized carbons (Fsp3) is 0.647. The molecule has 0 radical (unpaired) electrons. The summed E-state index contributed by atoms with van der Waals surface area (Å²) in [6, 6.07) is 0. The van der Waals surface area contributed by atoms with E-state index in [2.05, 4.69) is 32.2 Å². The zero-order valence-electron chi connectivity index (χ0n) is 12.0. The van der Waals surface area contributed by atoms with Crippen LogP contribution in [0.25, 0.3) is 0 Å². The average Bonchev–Trinajstić information content (AvgIpc) is 2.99. The molecule has 0 aromatic carbocycles. The van der Waals surface area contributed by atoms with Crippen LogP contribution in [0.5, 0.6) is 0 Å². The van der Waals surface area contributed by atoms with Crippen molar-refractivity contribution in [3.63, 3.8) is 0 Å². The van der Waals surface area contributed by atoms with Crippen molar-refractivity contribution >= 4 is 0 Å². The van der Waals surface area contributed by atoms with E-state index in [1.165, 1.54) is 12.8 Å². The predicted molar refractivity (Wildman–Crippen MR) is 79.0 cm³/mol. The van der Waals surface area contributed by atoms with Gasteiger partial charge in [0.05, 0.1) is 26.4 Å². The maximum Gasteiger partial charge on any atom is 0.0645 e. The van der Waals surface area contributed by atoms with Gasteiger partial charge in [-0.2, -0.15) is 0 Å². The first-order chi connectivity index (χ1) is 9.28. The number of hydrogen-bond acceptors (Lipinski definition) is 2. The van der Waals surface area contributed by atoms with E-state index in [-0.39, 0.29) is 5.41 Å². The van der Waals surface area contributed by atoms with Crippen molar-refractivity contribution in [2.45, 2.75) is 19.8 Å². The van der Waals surface area contributed by atoms with Gasteiger partial charge < -0.3 is 9.47 Å². The molecule has 2 heteroatoms. The Balaban J connectivity index is 2.10. The van der Waals surface area contributed by atoms with Crippen molar-refractivity contribution in [1.82, 2.24) is 0 Å². The van der Waals surface area contributed by atoms with Crippen LogP contribution in [-0.2, 0) is 9.47 Å². The molecule has 106 valence electrons. The summed E-state index contributed by atoms with van der Waals surface area (Å²) in [5.74, 6) is 2.00. The van der Waals surface area contributed by atoms with Crippen LogP contribution in [0.15, 0.2) is 37.5 Å². The van der Waals surface area contributed by atoms with Gasteiger partial charge in [-0.1, -0.05) is 37.6 Å². The number of fused-ring (bicyclic) bond motifs is 2. The molecule has 3 unspecified atom stereocenters. The zero-order valence-corrected chi connectivity index (χ0v) is 12.0. The molecule has 0 aromatic rings. The Hall–Kier alpha value is -0.860. The molecule has 0 aliphatic heterocycles. The summed E-state index contributed by atoms with van der Waals surface area (Å²) in [4.78, 5) is 0. The number of ether oxygens (including phenoxy) is 2. The largest absolute Gasteiger partial charge is 0.377 e. The molecule has 0 aromatic heterocycles. The molecule has 2 aliphatic rings. The monoisotopic (exact) mass is 262 g/mol. The quantitative estimate of drug-likeness (QED) is 0.467. The highest BCUT2D eigenvalue weighted by molar-refractivity contribution is 5.19. The first-order valence-electron chi connectivity index (χ1n) is 7.34. The van der Waals surface area contributed by atoms with E-state index < -0.39 is 0 Å². The molecule has 0 spiro atoms. The first kappa shape index (κ1) is 14.5. The van der Waals surface area contributed by atoms with Gasteiger partial charge in [0.15, 0.2) is 0 Å². The standard InChI is InChI=1S/C17H26O2/c1-4-9-18-12-17(13-19-10-5-2)15-8-7-14(11-15)16(17)6-3/h4-5,7-8,14-16H,1-2,6,9-13H2,3H3. The molecule has 1 fully saturated rings. The Bertz CT molecular complexity index is 331. The molecule has 1 saturated carbocycles. The van der Waals surface area contributed by atoms with Gasteiger partial charge in [0.25, 0.3) is 0 Å². The summed E-state index contributed by atoms with van der Waals surface area (Å²) in [6.45, 7) is 12.5. The minimum atomic E-state index is 0.153. The molecule has 2 bridgehead atoms. The highest BCUT2D eigenvalue weighted by atomic mass is 16.5. The van der Waals surface area contributed by atoms with E-state index in [1.54, 1.807) is 0 Å². The number of hydrogen-bond donors (Lipinski definition) is 0. The molecule has 0 amide bonds. The lowest BCUT2D eigenvalue weighted by atomic mass is 9.68. The van der Waals surface area contributed by atoms with E-state index in [0.29, 0.717) is 25.0 Å². The summed E-state index contributed by atoms with van der Waals surface area (Å²) >= 11 is 0. The van der Waals surface area contributed by atoms with Crippen molar-refractivity contribution in [1.29, 1.82) is 0 Å². The summed E-state index contributed by atoms with van der Waals surface area (Å²) in [5.41, 5.74) is 0.153. The highest BCUT2D eigenvalue weighted by Crippen LogP contribution is 2.57. The second kappa shape index (κ2) is 6.53. The molecule has 2 aliphatic carbocycles. The summed E-state index contributed by atoms with van der Waals surface area (Å²) < 4.78 is 11.7.